The second kappa shape index (κ2) is 7.72. The smallest absolute Gasteiger partial charge is 0.264 e. The third kappa shape index (κ3) is 4.50. The Hall–Kier alpha value is -2.34. The number of thiophene rings is 1. The minimum absolute atomic E-state index is 0.0544. The van der Waals surface area contributed by atoms with Gasteiger partial charge in [-0.05, 0) is 49.9 Å². The Morgan fingerprint density at radius 1 is 1.26 bits per heavy atom. The number of rotatable bonds is 5. The summed E-state index contributed by atoms with van der Waals surface area (Å²) in [4.78, 5) is 28.5. The molecule has 2 aliphatic rings. The predicted molar refractivity (Wildman–Crippen MR) is 105 cm³/mol. The maximum absolute atomic E-state index is 12.8. The van der Waals surface area contributed by atoms with Crippen LogP contribution in [0.25, 0.3) is 0 Å². The summed E-state index contributed by atoms with van der Waals surface area (Å²) in [5, 5.41) is 3.02. The maximum Gasteiger partial charge on any atom is 0.264 e. The van der Waals surface area contributed by atoms with Crippen LogP contribution in [0.2, 0.25) is 0 Å². The van der Waals surface area contributed by atoms with Crippen molar-refractivity contribution in [1.29, 1.82) is 0 Å². The lowest BCUT2D eigenvalue weighted by molar-refractivity contribution is -0.121. The van der Waals surface area contributed by atoms with Crippen LogP contribution in [0, 0.1) is 6.92 Å². The van der Waals surface area contributed by atoms with Gasteiger partial charge >= 0.3 is 0 Å². The second-order valence-electron chi connectivity index (χ2n) is 7.27. The van der Waals surface area contributed by atoms with Crippen molar-refractivity contribution in [3.05, 3.63) is 51.2 Å². The van der Waals surface area contributed by atoms with Gasteiger partial charge in [0.25, 0.3) is 5.91 Å². The first-order valence-corrected chi connectivity index (χ1v) is 10.3. The third-order valence-corrected chi connectivity index (χ3v) is 5.92. The van der Waals surface area contributed by atoms with Gasteiger partial charge in [0.1, 0.15) is 12.4 Å². The highest BCUT2D eigenvalue weighted by atomic mass is 32.1. The van der Waals surface area contributed by atoms with Crippen LogP contribution in [0.15, 0.2) is 30.3 Å². The van der Waals surface area contributed by atoms with E-state index in [0.717, 1.165) is 39.5 Å². The number of nitrogens with zero attached hydrogens (tertiary/aromatic N) is 1. The lowest BCUT2D eigenvalue weighted by atomic mass is 10.0. The maximum atomic E-state index is 12.8. The molecule has 1 fully saturated rings. The van der Waals surface area contributed by atoms with Crippen LogP contribution in [0.1, 0.15) is 44.9 Å². The fourth-order valence-electron chi connectivity index (χ4n) is 3.27. The summed E-state index contributed by atoms with van der Waals surface area (Å²) in [5.74, 6) is 1.01. The van der Waals surface area contributed by atoms with Crippen LogP contribution in [0.5, 0.6) is 5.75 Å². The number of benzene rings is 1. The summed E-state index contributed by atoms with van der Waals surface area (Å²) in [6, 6.07) is 10.3. The lowest BCUT2D eigenvalue weighted by Crippen LogP contribution is -2.31. The van der Waals surface area contributed by atoms with E-state index in [-0.39, 0.29) is 11.8 Å². The molecule has 0 radical (unpaired) electrons. The molecule has 1 aromatic heterocycles. The van der Waals surface area contributed by atoms with E-state index < -0.39 is 0 Å². The summed E-state index contributed by atoms with van der Waals surface area (Å²) in [5.41, 5.74) is 2.11. The summed E-state index contributed by atoms with van der Waals surface area (Å²) < 4.78 is 5.84. The van der Waals surface area contributed by atoms with Crippen LogP contribution < -0.4 is 10.1 Å². The number of fused-ring (bicyclic) bond motifs is 1. The Balaban J connectivity index is 1.44. The molecule has 0 unspecified atom stereocenters. The highest BCUT2D eigenvalue weighted by molar-refractivity contribution is 7.13. The van der Waals surface area contributed by atoms with E-state index in [9.17, 15) is 9.59 Å². The molecule has 2 heterocycles. The number of carbonyl (C=O) groups excluding carboxylic acids is 2. The summed E-state index contributed by atoms with van der Waals surface area (Å²) >= 11 is 1.53. The molecule has 0 atom stereocenters. The predicted octanol–water partition coefficient (Wildman–Crippen LogP) is 3.30. The first kappa shape index (κ1) is 18.0. The average Bonchev–Trinajstić information content (AvgIpc) is 3.40. The average molecular weight is 385 g/mol. The number of hydrogen-bond donors (Lipinski definition) is 1. The Kier molecular flexibility index (Phi) is 5.16. The number of nitrogens with one attached hydrogen (secondary N) is 1. The van der Waals surface area contributed by atoms with E-state index in [2.05, 4.69) is 11.4 Å². The van der Waals surface area contributed by atoms with Gasteiger partial charge in [-0.25, -0.2) is 0 Å². The molecule has 1 N–H and O–H groups in total. The Morgan fingerprint density at radius 2 is 2.11 bits per heavy atom. The Labute approximate surface area is 163 Å². The van der Waals surface area contributed by atoms with Gasteiger partial charge in [-0.15, -0.1) is 11.3 Å². The first-order chi connectivity index (χ1) is 13.1. The van der Waals surface area contributed by atoms with Gasteiger partial charge in [0, 0.05) is 29.4 Å². The molecule has 5 nitrogen and oxygen atoms in total. The molecule has 1 aliphatic heterocycles. The number of amides is 2. The molecule has 1 aliphatic carbocycles. The van der Waals surface area contributed by atoms with Crippen molar-refractivity contribution in [1.82, 2.24) is 10.2 Å². The van der Waals surface area contributed by atoms with E-state index in [4.69, 9.17) is 4.74 Å². The van der Waals surface area contributed by atoms with Gasteiger partial charge in [0.05, 0.1) is 11.4 Å². The highest BCUT2D eigenvalue weighted by Crippen LogP contribution is 2.27. The molecular formula is C21H24N2O3S. The van der Waals surface area contributed by atoms with E-state index >= 15 is 0 Å². The zero-order valence-corrected chi connectivity index (χ0v) is 16.3. The fraction of sp³-hybridized carbons (Fsp3) is 0.429. The molecule has 0 spiro atoms. The van der Waals surface area contributed by atoms with Gasteiger partial charge in [-0.3, -0.25) is 9.59 Å². The summed E-state index contributed by atoms with van der Waals surface area (Å²) in [7, 11) is 0. The fourth-order valence-corrected chi connectivity index (χ4v) is 4.10. The molecule has 4 rings (SSSR count). The minimum Gasteiger partial charge on any atom is -0.491 e. The van der Waals surface area contributed by atoms with E-state index in [1.807, 2.05) is 36.1 Å². The molecule has 2 amide bonds. The largest absolute Gasteiger partial charge is 0.491 e. The number of hydrogen-bond acceptors (Lipinski definition) is 4. The zero-order chi connectivity index (χ0) is 18.8. The van der Waals surface area contributed by atoms with E-state index in [1.165, 1.54) is 11.3 Å². The third-order valence-electron chi connectivity index (χ3n) is 4.93. The van der Waals surface area contributed by atoms with Gasteiger partial charge in [0.2, 0.25) is 5.91 Å². The molecule has 0 saturated heterocycles. The Morgan fingerprint density at radius 3 is 2.85 bits per heavy atom. The quantitative estimate of drug-likeness (QED) is 0.860. The SMILES string of the molecule is Cc1ccc(C(=O)N2CCOc3ccc(CCC(=O)NC4CC4)cc3C2)s1. The van der Waals surface area contributed by atoms with Crippen LogP contribution in [-0.2, 0) is 17.8 Å². The molecule has 2 aromatic rings. The Bertz CT molecular complexity index is 857. The standard InChI is InChI=1S/C21H24N2O3S/c1-14-2-8-19(27-14)21(25)23-10-11-26-18-7-3-15(12-16(18)13-23)4-9-20(24)22-17-5-6-17/h2-3,7-8,12,17H,4-6,9-11,13H2,1H3,(H,22,24). The van der Waals surface area contributed by atoms with Crippen molar-refractivity contribution < 1.29 is 14.3 Å². The molecular weight excluding hydrogens is 360 g/mol. The van der Waals surface area contributed by atoms with Crippen molar-refractivity contribution in [2.75, 3.05) is 13.2 Å². The minimum atomic E-state index is 0.0544. The van der Waals surface area contributed by atoms with E-state index in [1.54, 1.807) is 0 Å². The van der Waals surface area contributed by atoms with E-state index in [0.29, 0.717) is 38.6 Å². The number of ether oxygens (including phenoxy) is 1. The highest BCUT2D eigenvalue weighted by Gasteiger charge is 2.24. The normalized spacial score (nSPS) is 16.3. The zero-order valence-electron chi connectivity index (χ0n) is 15.5. The van der Waals surface area contributed by atoms with Crippen molar-refractivity contribution in [3.8, 4) is 5.75 Å². The monoisotopic (exact) mass is 384 g/mol. The molecule has 142 valence electrons. The van der Waals surface area contributed by atoms with Gasteiger partial charge in [0.15, 0.2) is 0 Å². The molecule has 1 saturated carbocycles. The second-order valence-corrected chi connectivity index (χ2v) is 8.56. The van der Waals surface area contributed by atoms with Crippen LogP contribution in [-0.4, -0.2) is 35.9 Å². The van der Waals surface area contributed by atoms with Crippen molar-refractivity contribution in [2.45, 2.75) is 45.2 Å². The molecule has 6 heteroatoms. The van der Waals surface area contributed by atoms with Crippen LogP contribution >= 0.6 is 11.3 Å². The molecule has 27 heavy (non-hydrogen) atoms. The van der Waals surface area contributed by atoms with Gasteiger partial charge in [-0.1, -0.05) is 12.1 Å². The molecule has 1 aromatic carbocycles. The van der Waals surface area contributed by atoms with Crippen LogP contribution in [0.3, 0.4) is 0 Å². The number of aryl methyl sites for hydroxylation is 2. The van der Waals surface area contributed by atoms with Crippen molar-refractivity contribution in [2.24, 2.45) is 0 Å². The first-order valence-electron chi connectivity index (χ1n) is 9.48. The van der Waals surface area contributed by atoms with Crippen molar-refractivity contribution >= 4 is 23.2 Å². The number of carbonyl (C=O) groups is 2. The van der Waals surface area contributed by atoms with Crippen LogP contribution in [0.4, 0.5) is 0 Å². The summed E-state index contributed by atoms with van der Waals surface area (Å²) in [6.07, 6.45) is 3.41. The van der Waals surface area contributed by atoms with Gasteiger partial charge < -0.3 is 15.0 Å². The summed E-state index contributed by atoms with van der Waals surface area (Å²) in [6.45, 7) is 3.61. The lowest BCUT2D eigenvalue weighted by Gasteiger charge is -2.19. The van der Waals surface area contributed by atoms with Gasteiger partial charge in [-0.2, -0.15) is 0 Å². The molecule has 0 bridgehead atoms. The van der Waals surface area contributed by atoms with Crippen molar-refractivity contribution in [3.63, 3.8) is 0 Å². The topological polar surface area (TPSA) is 58.6 Å².